The maximum atomic E-state index is 12.1. The molecule has 0 radical (unpaired) electrons. The number of para-hydroxylation sites is 2. The molecule has 2 aromatic carbocycles. The standard InChI is InChI=1S/C19H18N4O5/c1-2-25-14-6-4-3-5-13(14)21-19(24)20-10-17-22-18(23-28-17)12-7-8-15-16(9-12)27-11-26-15/h3-9H,2,10-11H2,1H3,(H2,20,21,24). The normalized spacial score (nSPS) is 11.9. The number of urea groups is 1. The van der Waals surface area contributed by atoms with Crippen LogP contribution in [0.5, 0.6) is 17.2 Å². The van der Waals surface area contributed by atoms with Gasteiger partial charge in [0.25, 0.3) is 0 Å². The quantitative estimate of drug-likeness (QED) is 0.674. The number of nitrogens with one attached hydrogen (secondary N) is 2. The molecule has 3 aromatic rings. The Bertz CT molecular complexity index is 988. The summed E-state index contributed by atoms with van der Waals surface area (Å²) in [4.78, 5) is 16.4. The summed E-state index contributed by atoms with van der Waals surface area (Å²) in [6.07, 6.45) is 0. The second kappa shape index (κ2) is 7.87. The molecule has 0 saturated carbocycles. The number of amides is 2. The van der Waals surface area contributed by atoms with Gasteiger partial charge in [-0.05, 0) is 37.3 Å². The van der Waals surface area contributed by atoms with Crippen molar-refractivity contribution in [2.45, 2.75) is 13.5 Å². The fourth-order valence-electron chi connectivity index (χ4n) is 2.65. The first kappa shape index (κ1) is 17.7. The highest BCUT2D eigenvalue weighted by Crippen LogP contribution is 2.35. The first-order valence-corrected chi connectivity index (χ1v) is 8.72. The van der Waals surface area contributed by atoms with E-state index < -0.39 is 6.03 Å². The number of benzene rings is 2. The van der Waals surface area contributed by atoms with Crippen LogP contribution in [0, 0.1) is 0 Å². The Morgan fingerprint density at radius 2 is 2.04 bits per heavy atom. The van der Waals surface area contributed by atoms with Crippen molar-refractivity contribution in [2.24, 2.45) is 0 Å². The number of carbonyl (C=O) groups excluding carboxylic acids is 1. The van der Waals surface area contributed by atoms with Crippen LogP contribution in [0.4, 0.5) is 10.5 Å². The van der Waals surface area contributed by atoms with Gasteiger partial charge in [-0.15, -0.1) is 0 Å². The minimum Gasteiger partial charge on any atom is -0.492 e. The van der Waals surface area contributed by atoms with Gasteiger partial charge in [0.05, 0.1) is 18.8 Å². The molecule has 1 aliphatic heterocycles. The number of nitrogens with zero attached hydrogens (tertiary/aromatic N) is 2. The molecule has 0 saturated heterocycles. The first-order chi connectivity index (χ1) is 13.7. The fraction of sp³-hybridized carbons (Fsp3) is 0.211. The van der Waals surface area contributed by atoms with Crippen molar-refractivity contribution in [3.8, 4) is 28.6 Å². The summed E-state index contributed by atoms with van der Waals surface area (Å²) in [5, 5.41) is 9.35. The van der Waals surface area contributed by atoms with E-state index in [1.165, 1.54) is 0 Å². The Kier molecular flexibility index (Phi) is 4.96. The lowest BCUT2D eigenvalue weighted by Crippen LogP contribution is -2.28. The maximum Gasteiger partial charge on any atom is 0.319 e. The second-order valence-electron chi connectivity index (χ2n) is 5.82. The summed E-state index contributed by atoms with van der Waals surface area (Å²) in [5.74, 6) is 2.59. The van der Waals surface area contributed by atoms with Crippen molar-refractivity contribution >= 4 is 11.7 Å². The van der Waals surface area contributed by atoms with E-state index >= 15 is 0 Å². The predicted molar refractivity (Wildman–Crippen MR) is 99.3 cm³/mol. The van der Waals surface area contributed by atoms with E-state index in [1.807, 2.05) is 25.1 Å². The van der Waals surface area contributed by atoms with Gasteiger partial charge in [-0.1, -0.05) is 17.3 Å². The van der Waals surface area contributed by atoms with Crippen LogP contribution in [-0.4, -0.2) is 29.6 Å². The lowest BCUT2D eigenvalue weighted by Gasteiger charge is -2.11. The minimum absolute atomic E-state index is 0.0835. The van der Waals surface area contributed by atoms with Gasteiger partial charge in [0.2, 0.25) is 18.5 Å². The van der Waals surface area contributed by atoms with Crippen molar-refractivity contribution < 1.29 is 23.5 Å². The van der Waals surface area contributed by atoms with Gasteiger partial charge in [-0.3, -0.25) is 0 Å². The van der Waals surface area contributed by atoms with Gasteiger partial charge in [0, 0.05) is 5.56 Å². The molecule has 0 spiro atoms. The number of carbonyl (C=O) groups is 1. The smallest absolute Gasteiger partial charge is 0.319 e. The molecule has 144 valence electrons. The van der Waals surface area contributed by atoms with Crippen molar-refractivity contribution in [3.63, 3.8) is 0 Å². The molecule has 1 aromatic heterocycles. The average molecular weight is 382 g/mol. The Morgan fingerprint density at radius 3 is 2.93 bits per heavy atom. The van der Waals surface area contributed by atoms with Crippen LogP contribution in [0.2, 0.25) is 0 Å². The van der Waals surface area contributed by atoms with E-state index in [0.29, 0.717) is 35.4 Å². The number of hydrogen-bond acceptors (Lipinski definition) is 7. The molecule has 28 heavy (non-hydrogen) atoms. The van der Waals surface area contributed by atoms with Crippen molar-refractivity contribution in [1.82, 2.24) is 15.5 Å². The van der Waals surface area contributed by atoms with Crippen molar-refractivity contribution in [2.75, 3.05) is 18.7 Å². The van der Waals surface area contributed by atoms with E-state index in [2.05, 4.69) is 20.8 Å². The molecule has 0 unspecified atom stereocenters. The molecular weight excluding hydrogens is 364 g/mol. The van der Waals surface area contributed by atoms with Gasteiger partial charge < -0.3 is 29.4 Å². The van der Waals surface area contributed by atoms with E-state index in [9.17, 15) is 4.79 Å². The van der Waals surface area contributed by atoms with Crippen LogP contribution in [0.25, 0.3) is 11.4 Å². The van der Waals surface area contributed by atoms with Crippen molar-refractivity contribution in [3.05, 3.63) is 48.4 Å². The molecule has 2 amide bonds. The van der Waals surface area contributed by atoms with Gasteiger partial charge in [-0.25, -0.2) is 4.79 Å². The van der Waals surface area contributed by atoms with Crippen LogP contribution in [0.1, 0.15) is 12.8 Å². The number of fused-ring (bicyclic) bond motifs is 1. The molecule has 0 bridgehead atoms. The van der Waals surface area contributed by atoms with Gasteiger partial charge in [-0.2, -0.15) is 4.98 Å². The van der Waals surface area contributed by atoms with Crippen molar-refractivity contribution in [1.29, 1.82) is 0 Å². The molecule has 0 aliphatic carbocycles. The van der Waals surface area contributed by atoms with Crippen LogP contribution in [0.3, 0.4) is 0 Å². The van der Waals surface area contributed by atoms with E-state index in [-0.39, 0.29) is 19.2 Å². The number of ether oxygens (including phenoxy) is 3. The highest BCUT2D eigenvalue weighted by Gasteiger charge is 2.17. The number of aromatic nitrogens is 2. The third kappa shape index (κ3) is 3.83. The van der Waals surface area contributed by atoms with E-state index in [4.69, 9.17) is 18.7 Å². The molecule has 0 atom stereocenters. The topological polar surface area (TPSA) is 108 Å². The summed E-state index contributed by atoms with van der Waals surface area (Å²) < 4.78 is 21.3. The average Bonchev–Trinajstić information content (AvgIpc) is 3.37. The summed E-state index contributed by atoms with van der Waals surface area (Å²) in [6.45, 7) is 2.66. The first-order valence-electron chi connectivity index (χ1n) is 8.72. The fourth-order valence-corrected chi connectivity index (χ4v) is 2.65. The third-order valence-electron chi connectivity index (χ3n) is 3.93. The number of hydrogen-bond donors (Lipinski definition) is 2. The summed E-state index contributed by atoms with van der Waals surface area (Å²) in [5.41, 5.74) is 1.31. The molecule has 9 nitrogen and oxygen atoms in total. The molecule has 4 rings (SSSR count). The van der Waals surface area contributed by atoms with Gasteiger partial charge in [0.15, 0.2) is 11.5 Å². The van der Waals surface area contributed by atoms with Crippen LogP contribution >= 0.6 is 0 Å². The SMILES string of the molecule is CCOc1ccccc1NC(=O)NCc1nc(-c2ccc3c(c2)OCO3)no1. The zero-order valence-corrected chi connectivity index (χ0v) is 15.1. The Morgan fingerprint density at radius 1 is 1.18 bits per heavy atom. The minimum atomic E-state index is -0.407. The van der Waals surface area contributed by atoms with Crippen LogP contribution in [0.15, 0.2) is 47.0 Å². The Labute approximate surface area is 160 Å². The zero-order valence-electron chi connectivity index (χ0n) is 15.1. The van der Waals surface area contributed by atoms with Gasteiger partial charge >= 0.3 is 6.03 Å². The largest absolute Gasteiger partial charge is 0.492 e. The molecule has 2 heterocycles. The number of anilines is 1. The van der Waals surface area contributed by atoms with E-state index in [0.717, 1.165) is 5.56 Å². The van der Waals surface area contributed by atoms with Crippen LogP contribution in [-0.2, 0) is 6.54 Å². The maximum absolute atomic E-state index is 12.1. The Hall–Kier alpha value is -3.75. The lowest BCUT2D eigenvalue weighted by molar-refractivity contribution is 0.174. The molecule has 2 N–H and O–H groups in total. The zero-order chi connectivity index (χ0) is 19.3. The number of rotatable bonds is 6. The highest BCUT2D eigenvalue weighted by molar-refractivity contribution is 5.90. The third-order valence-corrected chi connectivity index (χ3v) is 3.93. The molecular formula is C19H18N4O5. The summed E-state index contributed by atoms with van der Waals surface area (Å²) >= 11 is 0. The molecule has 1 aliphatic rings. The molecule has 9 heteroatoms. The summed E-state index contributed by atoms with van der Waals surface area (Å²) in [7, 11) is 0. The second-order valence-corrected chi connectivity index (χ2v) is 5.82. The lowest BCUT2D eigenvalue weighted by atomic mass is 10.2. The van der Waals surface area contributed by atoms with E-state index in [1.54, 1.807) is 24.3 Å². The molecule has 0 fully saturated rings. The van der Waals surface area contributed by atoms with Crippen LogP contribution < -0.4 is 24.8 Å². The predicted octanol–water partition coefficient (Wildman–Crippen LogP) is 3.19. The van der Waals surface area contributed by atoms with Gasteiger partial charge in [0.1, 0.15) is 5.75 Å². The highest BCUT2D eigenvalue weighted by atomic mass is 16.7. The monoisotopic (exact) mass is 382 g/mol. The summed E-state index contributed by atoms with van der Waals surface area (Å²) in [6, 6.07) is 12.2. The Balaban J connectivity index is 1.36.